The summed E-state index contributed by atoms with van der Waals surface area (Å²) in [6.45, 7) is 0. The zero-order valence-corrected chi connectivity index (χ0v) is 11.1. The number of rotatable bonds is 3. The molecule has 0 spiro atoms. The number of nitrogens with zero attached hydrogens (tertiary/aromatic N) is 1. The van der Waals surface area contributed by atoms with E-state index in [0.29, 0.717) is 6.42 Å². The van der Waals surface area contributed by atoms with Crippen molar-refractivity contribution in [2.75, 3.05) is 5.75 Å². The number of carbonyl (C=O) groups excluding carboxylic acids is 2. The molecule has 1 fully saturated rings. The first-order chi connectivity index (χ1) is 9.25. The van der Waals surface area contributed by atoms with Crippen molar-refractivity contribution in [2.45, 2.75) is 17.8 Å². The normalized spacial score (nSPS) is 24.6. The fraction of sp³-hybridized carbons (Fsp3) is 0.286. The third kappa shape index (κ3) is 2.38. The molecule has 98 valence electrons. The number of β-lactam (4-membered cyclic amide) rings is 1. The Morgan fingerprint density at radius 2 is 2.16 bits per heavy atom. The molecular formula is C14H14N2O2S. The standard InChI is InChI=1S/C14H14N2O2S/c17-11(9-10-5-2-1-3-6-10)15-12-13(18)16-7-4-8-19-14(12)16/h1-7,12,14H,8-9H2,(H,15,17). The maximum Gasteiger partial charge on any atom is 0.253 e. The Kier molecular flexibility index (Phi) is 3.29. The van der Waals surface area contributed by atoms with E-state index in [9.17, 15) is 9.59 Å². The molecule has 1 N–H and O–H groups in total. The second-order valence-corrected chi connectivity index (χ2v) is 5.71. The molecule has 5 heteroatoms. The predicted molar refractivity (Wildman–Crippen MR) is 74.3 cm³/mol. The summed E-state index contributed by atoms with van der Waals surface area (Å²) in [5.74, 6) is 0.772. The van der Waals surface area contributed by atoms with E-state index >= 15 is 0 Å². The van der Waals surface area contributed by atoms with Crippen LogP contribution in [0.25, 0.3) is 0 Å². The van der Waals surface area contributed by atoms with Gasteiger partial charge in [-0.2, -0.15) is 0 Å². The first-order valence-corrected chi connectivity index (χ1v) is 7.24. The smallest absolute Gasteiger partial charge is 0.253 e. The highest BCUT2D eigenvalue weighted by Crippen LogP contribution is 2.33. The highest BCUT2D eigenvalue weighted by atomic mass is 32.2. The third-order valence-electron chi connectivity index (χ3n) is 3.23. The number of nitrogens with one attached hydrogen (secondary N) is 1. The topological polar surface area (TPSA) is 49.4 Å². The number of thioether (sulfide) groups is 1. The molecule has 2 aliphatic rings. The molecule has 19 heavy (non-hydrogen) atoms. The minimum atomic E-state index is -0.369. The molecule has 2 amide bonds. The van der Waals surface area contributed by atoms with Gasteiger partial charge in [0, 0.05) is 12.0 Å². The van der Waals surface area contributed by atoms with E-state index in [1.165, 1.54) is 0 Å². The summed E-state index contributed by atoms with van der Waals surface area (Å²) in [4.78, 5) is 25.4. The SMILES string of the molecule is O=C(Cc1ccccc1)NC1C(=O)N2C=CCSC12. The van der Waals surface area contributed by atoms with E-state index < -0.39 is 0 Å². The number of hydrogen-bond donors (Lipinski definition) is 1. The number of carbonyl (C=O) groups is 2. The quantitative estimate of drug-likeness (QED) is 0.841. The molecule has 0 radical (unpaired) electrons. The van der Waals surface area contributed by atoms with Crippen molar-refractivity contribution in [1.82, 2.24) is 10.2 Å². The van der Waals surface area contributed by atoms with E-state index in [1.54, 1.807) is 16.7 Å². The Morgan fingerprint density at radius 1 is 1.37 bits per heavy atom. The zero-order valence-electron chi connectivity index (χ0n) is 10.3. The summed E-state index contributed by atoms with van der Waals surface area (Å²) in [5.41, 5.74) is 0.958. The lowest BCUT2D eigenvalue weighted by Crippen LogP contribution is -2.68. The van der Waals surface area contributed by atoms with E-state index in [1.807, 2.05) is 42.6 Å². The molecule has 2 heterocycles. The lowest BCUT2D eigenvalue weighted by Gasteiger charge is -2.46. The van der Waals surface area contributed by atoms with Crippen LogP contribution in [0.1, 0.15) is 5.56 Å². The minimum absolute atomic E-state index is 0.0186. The zero-order chi connectivity index (χ0) is 13.2. The van der Waals surface area contributed by atoms with Gasteiger partial charge in [-0.05, 0) is 5.56 Å². The second-order valence-electron chi connectivity index (χ2n) is 4.56. The van der Waals surface area contributed by atoms with Crippen LogP contribution in [0.3, 0.4) is 0 Å². The molecule has 1 aromatic rings. The Morgan fingerprint density at radius 3 is 2.95 bits per heavy atom. The van der Waals surface area contributed by atoms with Gasteiger partial charge in [-0.15, -0.1) is 11.8 Å². The molecule has 2 aliphatic heterocycles. The van der Waals surface area contributed by atoms with Crippen LogP contribution in [0.4, 0.5) is 0 Å². The molecule has 1 saturated heterocycles. The van der Waals surface area contributed by atoms with Gasteiger partial charge >= 0.3 is 0 Å². The summed E-state index contributed by atoms with van der Waals surface area (Å²) in [6.07, 6.45) is 4.09. The van der Waals surface area contributed by atoms with Crippen LogP contribution in [-0.2, 0) is 16.0 Å². The molecule has 0 bridgehead atoms. The van der Waals surface area contributed by atoms with Gasteiger partial charge in [0.1, 0.15) is 11.4 Å². The molecule has 2 atom stereocenters. The van der Waals surface area contributed by atoms with Crippen LogP contribution in [0, 0.1) is 0 Å². The molecular weight excluding hydrogens is 260 g/mol. The van der Waals surface area contributed by atoms with Gasteiger partial charge in [-0.1, -0.05) is 36.4 Å². The van der Waals surface area contributed by atoms with Gasteiger partial charge < -0.3 is 10.2 Å². The molecule has 3 rings (SSSR count). The molecule has 4 nitrogen and oxygen atoms in total. The van der Waals surface area contributed by atoms with Gasteiger partial charge in [-0.25, -0.2) is 0 Å². The van der Waals surface area contributed by atoms with Crippen LogP contribution in [0.2, 0.25) is 0 Å². The molecule has 0 saturated carbocycles. The van der Waals surface area contributed by atoms with Gasteiger partial charge in [0.2, 0.25) is 5.91 Å². The Hall–Kier alpha value is -1.75. The molecule has 0 aliphatic carbocycles. The van der Waals surface area contributed by atoms with E-state index in [0.717, 1.165) is 11.3 Å². The molecule has 0 aromatic heterocycles. The van der Waals surface area contributed by atoms with Crippen molar-refractivity contribution in [2.24, 2.45) is 0 Å². The van der Waals surface area contributed by atoms with Gasteiger partial charge in [0.25, 0.3) is 5.91 Å². The largest absolute Gasteiger partial charge is 0.341 e. The lowest BCUT2D eigenvalue weighted by molar-refractivity contribution is -0.144. The van der Waals surface area contributed by atoms with Crippen LogP contribution in [-0.4, -0.2) is 33.9 Å². The van der Waals surface area contributed by atoms with Gasteiger partial charge in [-0.3, -0.25) is 9.59 Å². The summed E-state index contributed by atoms with van der Waals surface area (Å²) < 4.78 is 0. The third-order valence-corrected chi connectivity index (χ3v) is 4.46. The lowest BCUT2D eigenvalue weighted by atomic mass is 10.1. The number of fused-ring (bicyclic) bond motifs is 1. The first-order valence-electron chi connectivity index (χ1n) is 6.19. The van der Waals surface area contributed by atoms with Crippen molar-refractivity contribution in [3.05, 3.63) is 48.2 Å². The Bertz CT molecular complexity index is 530. The molecule has 2 unspecified atom stereocenters. The fourth-order valence-electron chi connectivity index (χ4n) is 2.27. The van der Waals surface area contributed by atoms with E-state index in [4.69, 9.17) is 0 Å². The number of benzene rings is 1. The summed E-state index contributed by atoms with van der Waals surface area (Å²) in [7, 11) is 0. The maximum absolute atomic E-state index is 11.9. The number of hydrogen-bond acceptors (Lipinski definition) is 3. The monoisotopic (exact) mass is 274 g/mol. The Balaban J connectivity index is 1.59. The second kappa shape index (κ2) is 5.09. The average molecular weight is 274 g/mol. The molecule has 1 aromatic carbocycles. The summed E-state index contributed by atoms with van der Waals surface area (Å²) in [5, 5.41) is 2.90. The van der Waals surface area contributed by atoms with Crippen LogP contribution >= 0.6 is 11.8 Å². The van der Waals surface area contributed by atoms with Crippen LogP contribution < -0.4 is 5.32 Å². The van der Waals surface area contributed by atoms with Crippen molar-refractivity contribution in [3.8, 4) is 0 Å². The van der Waals surface area contributed by atoms with Crippen LogP contribution in [0.5, 0.6) is 0 Å². The summed E-state index contributed by atoms with van der Waals surface area (Å²) >= 11 is 1.68. The van der Waals surface area contributed by atoms with Crippen molar-refractivity contribution < 1.29 is 9.59 Å². The van der Waals surface area contributed by atoms with Crippen molar-refractivity contribution >= 4 is 23.6 Å². The van der Waals surface area contributed by atoms with Gasteiger partial charge in [0.15, 0.2) is 0 Å². The summed E-state index contributed by atoms with van der Waals surface area (Å²) in [6, 6.07) is 9.17. The highest BCUT2D eigenvalue weighted by molar-refractivity contribution is 8.00. The maximum atomic E-state index is 11.9. The van der Waals surface area contributed by atoms with E-state index in [2.05, 4.69) is 5.32 Å². The fourth-order valence-corrected chi connectivity index (χ4v) is 3.38. The highest BCUT2D eigenvalue weighted by Gasteiger charge is 2.48. The first kappa shape index (κ1) is 12.3. The Labute approximate surface area is 115 Å². The minimum Gasteiger partial charge on any atom is -0.341 e. The van der Waals surface area contributed by atoms with E-state index in [-0.39, 0.29) is 23.2 Å². The number of amides is 2. The van der Waals surface area contributed by atoms with Crippen molar-refractivity contribution in [1.29, 1.82) is 0 Å². The van der Waals surface area contributed by atoms with Gasteiger partial charge in [0.05, 0.1) is 6.42 Å². The van der Waals surface area contributed by atoms with Crippen molar-refractivity contribution in [3.63, 3.8) is 0 Å². The average Bonchev–Trinajstić information content (AvgIpc) is 2.45. The van der Waals surface area contributed by atoms with Crippen LogP contribution in [0.15, 0.2) is 42.6 Å². The predicted octanol–water partition coefficient (Wildman–Crippen LogP) is 1.14.